The van der Waals surface area contributed by atoms with Gasteiger partial charge in [-0.2, -0.15) is 0 Å². The molecular weight excluding hydrogens is 1080 g/mol. The summed E-state index contributed by atoms with van der Waals surface area (Å²) in [4.78, 5) is 12.1. The van der Waals surface area contributed by atoms with Gasteiger partial charge in [-0.25, -0.2) is 0 Å². The summed E-state index contributed by atoms with van der Waals surface area (Å²) in [6.45, 7) is 2.00. The first-order valence-electron chi connectivity index (χ1n) is 24.3. The zero-order chi connectivity index (χ0) is 49.2. The van der Waals surface area contributed by atoms with Crippen LogP contribution in [0.1, 0.15) is 23.5 Å². The zero-order valence-electron chi connectivity index (χ0n) is 43.9. The van der Waals surface area contributed by atoms with Crippen molar-refractivity contribution in [3.63, 3.8) is 0 Å². The van der Waals surface area contributed by atoms with Gasteiger partial charge >= 0.3 is 19.5 Å². The van der Waals surface area contributed by atoms with Crippen LogP contribution >= 0.6 is 59.1 Å². The fourth-order valence-corrected chi connectivity index (χ4v) is 18.0. The molecule has 9 aromatic rings. The number of rotatable bonds is 21. The average molecular weight is 1150 g/mol. The molecule has 0 bridgehead atoms. The molecular formula is C64H68OP3RhS3. The van der Waals surface area contributed by atoms with Crippen molar-refractivity contribution >= 4 is 97.7 Å². The van der Waals surface area contributed by atoms with Crippen molar-refractivity contribution in [2.24, 2.45) is 0 Å². The van der Waals surface area contributed by atoms with E-state index < -0.39 is 0 Å². The predicted molar refractivity (Wildman–Crippen MR) is 328 cm³/mol. The first-order chi connectivity index (χ1) is 35.3. The van der Waals surface area contributed by atoms with Crippen LogP contribution in [0, 0.1) is 0 Å². The van der Waals surface area contributed by atoms with Crippen molar-refractivity contribution in [3.05, 3.63) is 273 Å². The van der Waals surface area contributed by atoms with Crippen LogP contribution < -0.4 is 31.8 Å². The molecule has 0 aromatic heterocycles. The van der Waals surface area contributed by atoms with E-state index in [2.05, 4.69) is 273 Å². The Morgan fingerprint density at radius 3 is 0.583 bits per heavy atom. The molecule has 0 saturated heterocycles. The van der Waals surface area contributed by atoms with Crippen LogP contribution in [0.15, 0.2) is 288 Å². The van der Waals surface area contributed by atoms with E-state index in [0.29, 0.717) is 0 Å². The van der Waals surface area contributed by atoms with E-state index in [1.54, 1.807) is 0 Å². The molecule has 0 saturated carbocycles. The minimum atomic E-state index is -0.245. The number of carbonyl (C=O) groups is 1. The molecule has 1 nitrogen and oxygen atoms in total. The largest absolute Gasteiger partial charge is 3.00 e. The summed E-state index contributed by atoms with van der Waals surface area (Å²) in [6, 6.07) is 98.0. The Hall–Kier alpha value is -4.39. The molecule has 0 aliphatic heterocycles. The first-order valence-corrected chi connectivity index (χ1v) is 31.8. The molecule has 0 unspecified atom stereocenters. The van der Waals surface area contributed by atoms with Crippen LogP contribution in [0.5, 0.6) is 0 Å². The Morgan fingerprint density at radius 2 is 0.417 bits per heavy atom. The Kier molecular flexibility index (Phi) is 29.7. The summed E-state index contributed by atoms with van der Waals surface area (Å²) in [5.41, 5.74) is 0. The molecule has 0 spiro atoms. The van der Waals surface area contributed by atoms with E-state index in [-0.39, 0.29) is 47.5 Å². The minimum absolute atomic E-state index is 0. The number of carbonyl (C=O) groups excluding carboxylic acids is 1. The normalized spacial score (nSPS) is 10.4. The molecule has 72 heavy (non-hydrogen) atoms. The van der Waals surface area contributed by atoms with Crippen LogP contribution in [0.4, 0.5) is 0 Å². The summed E-state index contributed by atoms with van der Waals surface area (Å²) < 4.78 is 0. The third kappa shape index (κ3) is 21.6. The maximum Gasteiger partial charge on any atom is 3.00 e. The number of hydrogen-bond acceptors (Lipinski definition) is 4. The maximum absolute atomic E-state index is 8.00. The monoisotopic (exact) mass is 1140 g/mol. The standard InChI is InChI=1S/3C21H21PS.CH2O.Rh.3H/c3*1-4-11-19(12-5-1)22(20-13-6-2-7-14-20)17-10-18-23-21-15-8-3-9-16-21;1-2;;;;/h3*1-9,11-16H,10,17-18H2;1H2;;;;/q;;;;+3;3*-1. The number of benzene rings is 9. The van der Waals surface area contributed by atoms with Gasteiger partial charge in [0.1, 0.15) is 6.79 Å². The fourth-order valence-electron chi connectivity index (χ4n) is 7.66. The Morgan fingerprint density at radius 1 is 0.264 bits per heavy atom. The molecule has 372 valence electrons. The van der Waals surface area contributed by atoms with Crippen molar-refractivity contribution in [2.45, 2.75) is 33.9 Å². The number of hydrogen-bond donors (Lipinski definition) is 0. The topological polar surface area (TPSA) is 17.1 Å². The van der Waals surface area contributed by atoms with Crippen LogP contribution in [-0.4, -0.2) is 42.5 Å². The van der Waals surface area contributed by atoms with Gasteiger partial charge in [0.25, 0.3) is 0 Å². The Bertz CT molecular complexity index is 2280. The van der Waals surface area contributed by atoms with E-state index in [0.717, 1.165) is 0 Å². The molecule has 0 aliphatic carbocycles. The van der Waals surface area contributed by atoms with Gasteiger partial charge in [0.05, 0.1) is 0 Å². The summed E-state index contributed by atoms with van der Waals surface area (Å²) in [5, 5.41) is 8.91. The Labute approximate surface area is 465 Å². The summed E-state index contributed by atoms with van der Waals surface area (Å²) >= 11 is 5.89. The van der Waals surface area contributed by atoms with Gasteiger partial charge < -0.3 is 9.07 Å². The summed E-state index contributed by atoms with van der Waals surface area (Å²) in [6.07, 6.45) is 7.49. The maximum atomic E-state index is 8.00. The van der Waals surface area contributed by atoms with Crippen LogP contribution in [0.2, 0.25) is 0 Å². The van der Waals surface area contributed by atoms with Gasteiger partial charge in [0.2, 0.25) is 0 Å². The van der Waals surface area contributed by atoms with Crippen molar-refractivity contribution in [2.75, 3.05) is 35.7 Å². The van der Waals surface area contributed by atoms with Gasteiger partial charge in [-0.1, -0.05) is 237 Å². The molecule has 0 radical (unpaired) electrons. The minimum Gasteiger partial charge on any atom is -1.00 e. The van der Waals surface area contributed by atoms with E-state index >= 15 is 0 Å². The SMILES string of the molecule is C=O.[H-].[H-].[H-].[Rh+3].c1ccc(SCCCP(c2ccccc2)c2ccccc2)cc1.c1ccc(SCCCP(c2ccccc2)c2ccccc2)cc1.c1ccc(SCCCP(c2ccccc2)c2ccccc2)cc1. The van der Waals surface area contributed by atoms with Crippen LogP contribution in [-0.2, 0) is 24.3 Å². The van der Waals surface area contributed by atoms with Crippen molar-refractivity contribution in [1.82, 2.24) is 0 Å². The molecule has 0 atom stereocenters. The average Bonchev–Trinajstić information content (AvgIpc) is 3.46. The predicted octanol–water partition coefficient (Wildman–Crippen LogP) is 16.1. The summed E-state index contributed by atoms with van der Waals surface area (Å²) in [5.74, 6) is 3.55. The molecule has 9 aromatic carbocycles. The third-order valence-corrected chi connectivity index (χ3v) is 22.1. The molecule has 0 amide bonds. The summed E-state index contributed by atoms with van der Waals surface area (Å²) in [7, 11) is -0.734. The molecule has 8 heteroatoms. The second-order valence-corrected chi connectivity index (χ2v) is 26.5. The van der Waals surface area contributed by atoms with Crippen molar-refractivity contribution in [3.8, 4) is 0 Å². The Balaban J connectivity index is 0.000000369. The molecule has 0 N–H and O–H groups in total. The van der Waals surface area contributed by atoms with E-state index in [4.69, 9.17) is 4.79 Å². The molecule has 0 heterocycles. The van der Waals surface area contributed by atoms with Crippen molar-refractivity contribution < 1.29 is 28.6 Å². The third-order valence-electron chi connectivity index (χ3n) is 11.0. The van der Waals surface area contributed by atoms with Gasteiger partial charge in [-0.05, 0) is 147 Å². The van der Waals surface area contributed by atoms with Crippen molar-refractivity contribution in [1.29, 1.82) is 0 Å². The zero-order valence-corrected chi connectivity index (χ0v) is 47.6. The smallest absolute Gasteiger partial charge is 1.00 e. The number of thioether (sulfide) groups is 3. The fraction of sp³-hybridized carbons (Fsp3) is 0.141. The van der Waals surface area contributed by atoms with E-state index in [1.165, 1.54) is 102 Å². The molecule has 9 rings (SSSR count). The second-order valence-electron chi connectivity index (χ2n) is 16.0. The molecule has 0 aliphatic rings. The van der Waals surface area contributed by atoms with Gasteiger partial charge in [-0.3, -0.25) is 0 Å². The van der Waals surface area contributed by atoms with Gasteiger partial charge in [-0.15, -0.1) is 35.3 Å². The van der Waals surface area contributed by atoms with Crippen LogP contribution in [0.3, 0.4) is 0 Å². The molecule has 0 fully saturated rings. The second kappa shape index (κ2) is 36.5. The first kappa shape index (κ1) is 58.5. The van der Waals surface area contributed by atoms with Gasteiger partial charge in [0.15, 0.2) is 0 Å². The van der Waals surface area contributed by atoms with E-state index in [9.17, 15) is 0 Å². The quantitative estimate of drug-likeness (QED) is 0.0308. The van der Waals surface area contributed by atoms with Crippen LogP contribution in [0.25, 0.3) is 0 Å². The van der Waals surface area contributed by atoms with Gasteiger partial charge in [0, 0.05) is 14.7 Å². The van der Waals surface area contributed by atoms with E-state index in [1.807, 2.05) is 42.1 Å².